The van der Waals surface area contributed by atoms with Gasteiger partial charge in [-0.1, -0.05) is 0 Å². The van der Waals surface area contributed by atoms with E-state index in [2.05, 4.69) is 34.1 Å². The van der Waals surface area contributed by atoms with E-state index in [1.165, 1.54) is 21.3 Å². The average molecular weight is 374 g/mol. The molecule has 0 aliphatic rings. The van der Waals surface area contributed by atoms with Crippen LogP contribution in [0.4, 0.5) is 4.39 Å². The molecule has 0 saturated heterocycles. The summed E-state index contributed by atoms with van der Waals surface area (Å²) in [5.41, 5.74) is 3.10. The van der Waals surface area contributed by atoms with Crippen LogP contribution in [0.5, 0.6) is 0 Å². The van der Waals surface area contributed by atoms with E-state index >= 15 is 0 Å². The molecule has 1 aromatic heterocycles. The van der Waals surface area contributed by atoms with Crippen molar-refractivity contribution in [3.05, 3.63) is 81.7 Å². The molecule has 2 aromatic carbocycles. The Kier molecular flexibility index (Phi) is 4.03. The molecule has 0 spiro atoms. The molecule has 1 heterocycles. The van der Waals surface area contributed by atoms with E-state index in [1.54, 1.807) is 12.1 Å². The maximum absolute atomic E-state index is 12.9. The second kappa shape index (κ2) is 6.10. The van der Waals surface area contributed by atoms with E-state index in [9.17, 15) is 4.39 Å². The Bertz CT molecular complexity index is 759. The predicted octanol–water partition coefficient (Wildman–Crippen LogP) is 3.95. The third-order valence-electron chi connectivity index (χ3n) is 2.90. The molecular formula is C18H11FTe. The van der Waals surface area contributed by atoms with Gasteiger partial charge >= 0.3 is 127 Å². The molecule has 0 aliphatic carbocycles. The van der Waals surface area contributed by atoms with Gasteiger partial charge in [-0.25, -0.2) is 0 Å². The van der Waals surface area contributed by atoms with Gasteiger partial charge in [0.2, 0.25) is 0 Å². The number of halogens is 1. The zero-order valence-electron chi connectivity index (χ0n) is 10.6. The van der Waals surface area contributed by atoms with Crippen LogP contribution in [0.2, 0.25) is 0 Å². The van der Waals surface area contributed by atoms with Crippen molar-refractivity contribution in [2.75, 3.05) is 0 Å². The fourth-order valence-corrected chi connectivity index (χ4v) is 4.10. The molecule has 0 fully saturated rings. The van der Waals surface area contributed by atoms with E-state index in [0.717, 1.165) is 11.1 Å². The van der Waals surface area contributed by atoms with Gasteiger partial charge in [0, 0.05) is 0 Å². The van der Waals surface area contributed by atoms with Crippen molar-refractivity contribution in [1.82, 2.24) is 0 Å². The molecule has 0 bridgehead atoms. The van der Waals surface area contributed by atoms with E-state index in [4.69, 9.17) is 0 Å². The molecule has 20 heavy (non-hydrogen) atoms. The van der Waals surface area contributed by atoms with E-state index in [0.29, 0.717) is 0 Å². The fraction of sp³-hybridized carbons (Fsp3) is 0. The maximum atomic E-state index is 12.9. The average Bonchev–Trinajstić information content (AvgIpc) is 3.01. The van der Waals surface area contributed by atoms with Gasteiger partial charge in [0.05, 0.1) is 0 Å². The predicted molar refractivity (Wildman–Crippen MR) is 81.2 cm³/mol. The van der Waals surface area contributed by atoms with Crippen LogP contribution in [0.15, 0.2) is 64.7 Å². The van der Waals surface area contributed by atoms with Crippen molar-refractivity contribution >= 4 is 20.4 Å². The fourth-order valence-electron chi connectivity index (χ4n) is 1.91. The summed E-state index contributed by atoms with van der Waals surface area (Å²) in [6, 6.07) is 18.8. The van der Waals surface area contributed by atoms with Gasteiger partial charge in [0.25, 0.3) is 0 Å². The Morgan fingerprint density at radius 2 is 1.60 bits per heavy atom. The van der Waals surface area contributed by atoms with Gasteiger partial charge in [-0.2, -0.15) is 0 Å². The van der Waals surface area contributed by atoms with E-state index in [1.807, 2.05) is 18.2 Å². The summed E-state index contributed by atoms with van der Waals surface area (Å²) in [6.07, 6.45) is 0. The van der Waals surface area contributed by atoms with Crippen LogP contribution in [-0.4, -0.2) is 20.4 Å². The summed E-state index contributed by atoms with van der Waals surface area (Å²) in [5.74, 6) is 6.08. The van der Waals surface area contributed by atoms with Gasteiger partial charge in [0.1, 0.15) is 0 Å². The number of hydrogen-bond acceptors (Lipinski definition) is 0. The molecule has 3 aromatic rings. The van der Waals surface area contributed by atoms with Crippen LogP contribution >= 0.6 is 0 Å². The second-order valence-electron chi connectivity index (χ2n) is 4.28. The molecular weight excluding hydrogens is 363 g/mol. The summed E-state index contributed by atoms with van der Waals surface area (Å²) in [6.45, 7) is 0. The molecule has 0 N–H and O–H groups in total. The van der Waals surface area contributed by atoms with Gasteiger partial charge in [-0.15, -0.1) is 0 Å². The molecule has 0 aliphatic heterocycles. The molecule has 0 amide bonds. The Balaban J connectivity index is 1.98. The first kappa shape index (κ1) is 13.2. The van der Waals surface area contributed by atoms with Crippen molar-refractivity contribution in [2.45, 2.75) is 0 Å². The van der Waals surface area contributed by atoms with E-state index < -0.39 is 0 Å². The van der Waals surface area contributed by atoms with Gasteiger partial charge in [0.15, 0.2) is 0 Å². The van der Waals surface area contributed by atoms with Gasteiger partial charge in [-0.3, -0.25) is 0 Å². The molecule has 3 rings (SSSR count). The van der Waals surface area contributed by atoms with Crippen molar-refractivity contribution < 1.29 is 4.39 Å². The first-order chi connectivity index (χ1) is 9.83. The van der Waals surface area contributed by atoms with Crippen molar-refractivity contribution in [1.29, 1.82) is 0 Å². The molecule has 2 heteroatoms. The molecule has 96 valence electrons. The Labute approximate surface area is 127 Å². The van der Waals surface area contributed by atoms with Gasteiger partial charge in [-0.05, 0) is 0 Å². The zero-order valence-corrected chi connectivity index (χ0v) is 13.0. The standard InChI is InChI=1S/C18H11FTe/c19-16-11-8-14(9-12-16)7-10-15-4-1-2-5-17(15)18-6-3-13-20-18/h1-6,8-9,11-13H. The quantitative estimate of drug-likeness (QED) is 0.447. The van der Waals surface area contributed by atoms with Crippen molar-refractivity contribution in [3.63, 3.8) is 0 Å². The first-order valence-electron chi connectivity index (χ1n) is 6.23. The summed E-state index contributed by atoms with van der Waals surface area (Å²) in [7, 11) is 0. The Morgan fingerprint density at radius 1 is 0.800 bits per heavy atom. The number of rotatable bonds is 1. The minimum atomic E-state index is -0.233. The van der Waals surface area contributed by atoms with Gasteiger partial charge < -0.3 is 0 Å². The third-order valence-corrected chi connectivity index (χ3v) is 5.48. The topological polar surface area (TPSA) is 0 Å². The van der Waals surface area contributed by atoms with Crippen LogP contribution in [0.25, 0.3) is 9.14 Å². The first-order valence-corrected chi connectivity index (χ1v) is 8.74. The second-order valence-corrected chi connectivity index (χ2v) is 6.98. The third kappa shape index (κ3) is 3.02. The molecule has 0 nitrogen and oxygen atoms in total. The van der Waals surface area contributed by atoms with Crippen LogP contribution in [0, 0.1) is 17.7 Å². The van der Waals surface area contributed by atoms with Crippen LogP contribution in [0.3, 0.4) is 0 Å². The molecule has 0 unspecified atom stereocenters. The van der Waals surface area contributed by atoms with Crippen LogP contribution < -0.4 is 0 Å². The SMILES string of the molecule is Fc1ccc(C#Cc2ccccc2-c2ccc[te]2)cc1. The summed E-state index contributed by atoms with van der Waals surface area (Å²) < 4.78 is 16.5. The van der Waals surface area contributed by atoms with Crippen molar-refractivity contribution in [2.24, 2.45) is 0 Å². The summed E-state index contributed by atoms with van der Waals surface area (Å²) >= 11 is -0.205. The van der Waals surface area contributed by atoms with Crippen LogP contribution in [-0.2, 0) is 0 Å². The summed E-state index contributed by atoms with van der Waals surface area (Å²) in [5, 5.41) is 0. The number of benzene rings is 2. The normalized spacial score (nSPS) is 9.85. The minimum absolute atomic E-state index is 0.205. The molecule has 0 saturated carbocycles. The zero-order chi connectivity index (χ0) is 13.8. The summed E-state index contributed by atoms with van der Waals surface area (Å²) in [4.78, 5) is 0. The van der Waals surface area contributed by atoms with Crippen molar-refractivity contribution in [3.8, 4) is 21.0 Å². The van der Waals surface area contributed by atoms with E-state index in [-0.39, 0.29) is 26.2 Å². The Morgan fingerprint density at radius 3 is 2.35 bits per heavy atom. The molecule has 0 atom stereocenters. The number of hydrogen-bond donors (Lipinski definition) is 0. The van der Waals surface area contributed by atoms with Crippen LogP contribution in [0.1, 0.15) is 11.1 Å². The Hall–Kier alpha value is -1.80. The molecule has 0 radical (unpaired) electrons. The monoisotopic (exact) mass is 376 g/mol.